The molecule has 1 aliphatic rings. The fourth-order valence-corrected chi connectivity index (χ4v) is 3.34. The molecule has 1 aromatic heterocycles. The van der Waals surface area contributed by atoms with Crippen LogP contribution in [0.1, 0.15) is 22.4 Å². The average Bonchev–Trinajstić information content (AvgIpc) is 2.99. The summed E-state index contributed by atoms with van der Waals surface area (Å²) in [7, 11) is 1.11. The summed E-state index contributed by atoms with van der Waals surface area (Å²) in [6, 6.07) is 6.88. The molecular formula is C19H23F3N2O6. The molecule has 4 N–H and O–H groups in total. The second kappa shape index (κ2) is 8.52. The highest BCUT2D eigenvalue weighted by molar-refractivity contribution is 5.39. The number of benzene rings is 1. The van der Waals surface area contributed by atoms with Crippen molar-refractivity contribution in [3.63, 3.8) is 0 Å². The van der Waals surface area contributed by atoms with Crippen LogP contribution < -0.4 is 4.74 Å². The highest BCUT2D eigenvalue weighted by atomic mass is 19.4. The van der Waals surface area contributed by atoms with Crippen molar-refractivity contribution in [1.82, 2.24) is 9.78 Å². The standard InChI is InChI=1S/C19H23F3N2O6/c1-9-3-5-10(6-4-9)7-11-16(19(20,21)22)24(2)23-17(11)30-18-15(28)14(27)13(26)12(8-25)29-18/h3-6,12-15,18,25-28H,7-8H2,1-2H3/t12-,13-,14+,15-,18+/m1/s1. The number of aromatic nitrogens is 2. The minimum Gasteiger partial charge on any atom is -0.443 e. The zero-order valence-electron chi connectivity index (χ0n) is 16.2. The second-order valence-electron chi connectivity index (χ2n) is 7.23. The molecule has 166 valence electrons. The first kappa shape index (κ1) is 22.5. The molecule has 0 saturated carbocycles. The predicted octanol–water partition coefficient (Wildman–Crippen LogP) is 0.517. The SMILES string of the molecule is Cc1ccc(Cc2c(O[C@@H]3O[C@H](CO)[C@@H](O)[C@H](O)[C@H]3O)nn(C)c2C(F)(F)F)cc1. The molecule has 8 nitrogen and oxygen atoms in total. The molecule has 0 aliphatic carbocycles. The van der Waals surface area contributed by atoms with Gasteiger partial charge >= 0.3 is 6.18 Å². The zero-order chi connectivity index (χ0) is 22.2. The molecule has 30 heavy (non-hydrogen) atoms. The minimum absolute atomic E-state index is 0.157. The molecule has 0 bridgehead atoms. The van der Waals surface area contributed by atoms with Crippen LogP contribution in [0.4, 0.5) is 13.2 Å². The van der Waals surface area contributed by atoms with Gasteiger partial charge in [0, 0.05) is 13.5 Å². The van der Waals surface area contributed by atoms with E-state index in [2.05, 4.69) is 5.10 Å². The van der Waals surface area contributed by atoms with Crippen LogP contribution in [0.3, 0.4) is 0 Å². The Morgan fingerprint density at radius 2 is 1.73 bits per heavy atom. The maximum absolute atomic E-state index is 13.7. The lowest BCUT2D eigenvalue weighted by Gasteiger charge is -2.39. The summed E-state index contributed by atoms with van der Waals surface area (Å²) in [5.74, 6) is -0.435. The summed E-state index contributed by atoms with van der Waals surface area (Å²) in [5, 5.41) is 42.9. The van der Waals surface area contributed by atoms with Gasteiger partial charge in [-0.3, -0.25) is 4.68 Å². The van der Waals surface area contributed by atoms with Crippen LogP contribution in [-0.4, -0.2) is 67.5 Å². The minimum atomic E-state index is -4.72. The second-order valence-corrected chi connectivity index (χ2v) is 7.23. The highest BCUT2D eigenvalue weighted by Crippen LogP contribution is 2.38. The Morgan fingerprint density at radius 3 is 2.30 bits per heavy atom. The van der Waals surface area contributed by atoms with Crippen LogP contribution in [-0.2, 0) is 24.4 Å². The van der Waals surface area contributed by atoms with E-state index in [9.17, 15) is 33.6 Å². The van der Waals surface area contributed by atoms with E-state index in [1.165, 1.54) is 0 Å². The predicted molar refractivity (Wildman–Crippen MR) is 96.6 cm³/mol. The number of halogens is 3. The Balaban J connectivity index is 1.97. The molecule has 2 aromatic rings. The third kappa shape index (κ3) is 4.44. The van der Waals surface area contributed by atoms with Crippen molar-refractivity contribution < 1.29 is 43.1 Å². The first-order chi connectivity index (χ1) is 14.0. The van der Waals surface area contributed by atoms with E-state index in [4.69, 9.17) is 9.47 Å². The number of nitrogens with zero attached hydrogens (tertiary/aromatic N) is 2. The normalized spacial score (nSPS) is 27.3. The van der Waals surface area contributed by atoms with Gasteiger partial charge in [0.15, 0.2) is 0 Å². The first-order valence-electron chi connectivity index (χ1n) is 9.18. The third-order valence-electron chi connectivity index (χ3n) is 4.95. The van der Waals surface area contributed by atoms with E-state index in [0.29, 0.717) is 10.2 Å². The van der Waals surface area contributed by atoms with Gasteiger partial charge in [-0.1, -0.05) is 29.8 Å². The number of aliphatic hydroxyl groups excluding tert-OH is 4. The number of aliphatic hydroxyl groups is 4. The Kier molecular flexibility index (Phi) is 6.39. The topological polar surface area (TPSA) is 117 Å². The number of ether oxygens (including phenoxy) is 2. The van der Waals surface area contributed by atoms with Gasteiger partial charge in [-0.2, -0.15) is 13.2 Å². The number of aryl methyl sites for hydroxylation is 2. The van der Waals surface area contributed by atoms with Crippen molar-refractivity contribution >= 4 is 0 Å². The van der Waals surface area contributed by atoms with Gasteiger partial charge in [-0.05, 0) is 12.5 Å². The number of rotatable bonds is 5. The zero-order valence-corrected chi connectivity index (χ0v) is 16.2. The molecule has 0 radical (unpaired) electrons. The quantitative estimate of drug-likeness (QED) is 0.544. The third-order valence-corrected chi connectivity index (χ3v) is 4.95. The largest absolute Gasteiger partial charge is 0.443 e. The lowest BCUT2D eigenvalue weighted by Crippen LogP contribution is -2.60. The fourth-order valence-electron chi connectivity index (χ4n) is 3.34. The van der Waals surface area contributed by atoms with Gasteiger partial charge in [-0.15, -0.1) is 5.10 Å². The molecule has 1 aromatic carbocycles. The molecule has 1 aliphatic heterocycles. The van der Waals surface area contributed by atoms with Gasteiger partial charge in [0.25, 0.3) is 0 Å². The van der Waals surface area contributed by atoms with Crippen LogP contribution in [0, 0.1) is 6.92 Å². The van der Waals surface area contributed by atoms with Crippen molar-refractivity contribution in [2.24, 2.45) is 7.05 Å². The van der Waals surface area contributed by atoms with Crippen LogP contribution in [0.15, 0.2) is 24.3 Å². The van der Waals surface area contributed by atoms with Gasteiger partial charge in [0.1, 0.15) is 30.1 Å². The summed E-state index contributed by atoms with van der Waals surface area (Å²) < 4.78 is 52.3. The van der Waals surface area contributed by atoms with Gasteiger partial charge in [-0.25, -0.2) is 0 Å². The summed E-state index contributed by atoms with van der Waals surface area (Å²) in [6.07, 6.45) is -12.9. The Labute approximate surface area is 170 Å². The van der Waals surface area contributed by atoms with E-state index in [1.54, 1.807) is 24.3 Å². The number of hydrogen-bond acceptors (Lipinski definition) is 7. The highest BCUT2D eigenvalue weighted by Gasteiger charge is 2.46. The molecule has 5 atom stereocenters. The molecule has 0 spiro atoms. The lowest BCUT2D eigenvalue weighted by atomic mass is 9.99. The number of hydrogen-bond donors (Lipinski definition) is 4. The average molecular weight is 432 g/mol. The summed E-state index contributed by atoms with van der Waals surface area (Å²) in [4.78, 5) is 0. The van der Waals surface area contributed by atoms with Crippen LogP contribution in [0.2, 0.25) is 0 Å². The molecular weight excluding hydrogens is 409 g/mol. The van der Waals surface area contributed by atoms with E-state index in [1.807, 2.05) is 6.92 Å². The Bertz CT molecular complexity index is 868. The van der Waals surface area contributed by atoms with E-state index < -0.39 is 55.1 Å². The molecule has 1 fully saturated rings. The molecule has 11 heteroatoms. The van der Waals surface area contributed by atoms with Crippen molar-refractivity contribution in [2.75, 3.05) is 6.61 Å². The van der Waals surface area contributed by atoms with Crippen molar-refractivity contribution in [1.29, 1.82) is 0 Å². The Hall–Kier alpha value is -2.18. The van der Waals surface area contributed by atoms with Gasteiger partial charge in [0.2, 0.25) is 12.2 Å². The van der Waals surface area contributed by atoms with Crippen molar-refractivity contribution in [3.05, 3.63) is 46.6 Å². The van der Waals surface area contributed by atoms with Gasteiger partial charge in [0.05, 0.1) is 12.2 Å². The van der Waals surface area contributed by atoms with Crippen LogP contribution >= 0.6 is 0 Å². The lowest BCUT2D eigenvalue weighted by molar-refractivity contribution is -0.278. The maximum atomic E-state index is 13.7. The Morgan fingerprint density at radius 1 is 1.10 bits per heavy atom. The smallest absolute Gasteiger partial charge is 0.433 e. The first-order valence-corrected chi connectivity index (χ1v) is 9.18. The van der Waals surface area contributed by atoms with E-state index in [-0.39, 0.29) is 12.0 Å². The van der Waals surface area contributed by atoms with E-state index >= 15 is 0 Å². The molecule has 2 heterocycles. The summed E-state index contributed by atoms with van der Waals surface area (Å²) in [5.41, 5.74) is 0.227. The maximum Gasteiger partial charge on any atom is 0.433 e. The monoisotopic (exact) mass is 432 g/mol. The van der Waals surface area contributed by atoms with Gasteiger partial charge < -0.3 is 29.9 Å². The molecule has 1 saturated heterocycles. The summed E-state index contributed by atoms with van der Waals surface area (Å²) >= 11 is 0. The van der Waals surface area contributed by atoms with Crippen LogP contribution in [0.25, 0.3) is 0 Å². The number of alkyl halides is 3. The van der Waals surface area contributed by atoms with E-state index in [0.717, 1.165) is 12.6 Å². The molecule has 0 unspecified atom stereocenters. The fraction of sp³-hybridized carbons (Fsp3) is 0.526. The van der Waals surface area contributed by atoms with Crippen molar-refractivity contribution in [3.8, 4) is 5.88 Å². The summed E-state index contributed by atoms with van der Waals surface area (Å²) in [6.45, 7) is 1.15. The molecule has 0 amide bonds. The van der Waals surface area contributed by atoms with Crippen molar-refractivity contribution in [2.45, 2.75) is 50.2 Å². The molecule has 3 rings (SSSR count). The van der Waals surface area contributed by atoms with Crippen LogP contribution in [0.5, 0.6) is 5.88 Å².